The smallest absolute Gasteiger partial charge is 0.329 e. The van der Waals surface area contributed by atoms with Crippen LogP contribution in [-0.2, 0) is 18.2 Å². The summed E-state index contributed by atoms with van der Waals surface area (Å²) in [6.45, 7) is 4.76. The van der Waals surface area contributed by atoms with E-state index in [0.717, 1.165) is 75.9 Å². The Balaban J connectivity index is 1.53. The number of piperidine rings is 1. The lowest BCUT2D eigenvalue weighted by molar-refractivity contribution is 0.0656. The molecule has 6 nitrogen and oxygen atoms in total. The van der Waals surface area contributed by atoms with Crippen LogP contribution in [0.2, 0.25) is 0 Å². The molecule has 142 valence electrons. The first-order valence-corrected chi connectivity index (χ1v) is 9.97. The van der Waals surface area contributed by atoms with Crippen LogP contribution >= 0.6 is 0 Å². The number of ether oxygens (including phenoxy) is 1. The Morgan fingerprint density at radius 1 is 1.19 bits per heavy atom. The monoisotopic (exact) mass is 358 g/mol. The van der Waals surface area contributed by atoms with Crippen molar-refractivity contribution in [2.45, 2.75) is 44.2 Å². The molecule has 0 bridgehead atoms. The number of nitrogens with zero attached hydrogens (tertiary/aromatic N) is 2. The van der Waals surface area contributed by atoms with E-state index in [4.69, 9.17) is 4.74 Å². The summed E-state index contributed by atoms with van der Waals surface area (Å²) in [6.07, 6.45) is 5.61. The Labute approximate surface area is 154 Å². The van der Waals surface area contributed by atoms with Gasteiger partial charge < -0.3 is 15.4 Å². The number of hydrogen-bond acceptors (Lipinski definition) is 4. The van der Waals surface area contributed by atoms with E-state index in [1.165, 1.54) is 5.56 Å². The molecule has 2 fully saturated rings. The van der Waals surface area contributed by atoms with Crippen molar-refractivity contribution in [2.75, 3.05) is 32.8 Å². The zero-order chi connectivity index (χ0) is 17.9. The number of rotatable bonds is 6. The van der Waals surface area contributed by atoms with Crippen LogP contribution in [0.15, 0.2) is 23.0 Å². The minimum atomic E-state index is 0.106. The number of aromatic nitrogens is 2. The molecule has 3 heterocycles. The minimum Gasteiger partial charge on any atom is -0.377 e. The topological polar surface area (TPSA) is 60.2 Å². The Bertz CT molecular complexity index is 798. The molecule has 6 heteroatoms. The van der Waals surface area contributed by atoms with Crippen LogP contribution in [0, 0.1) is 0 Å². The van der Waals surface area contributed by atoms with E-state index in [1.54, 1.807) is 0 Å². The summed E-state index contributed by atoms with van der Waals surface area (Å²) in [4.78, 5) is 12.9. The van der Waals surface area contributed by atoms with E-state index >= 15 is 0 Å². The molecule has 0 amide bonds. The van der Waals surface area contributed by atoms with Crippen LogP contribution in [0.3, 0.4) is 0 Å². The average molecular weight is 358 g/mol. The van der Waals surface area contributed by atoms with Crippen LogP contribution in [0.5, 0.6) is 0 Å². The number of fused-ring (bicyclic) bond motifs is 1. The van der Waals surface area contributed by atoms with Gasteiger partial charge in [0.05, 0.1) is 23.2 Å². The van der Waals surface area contributed by atoms with Crippen molar-refractivity contribution >= 4 is 11.0 Å². The van der Waals surface area contributed by atoms with E-state index in [2.05, 4.69) is 28.8 Å². The highest BCUT2D eigenvalue weighted by Crippen LogP contribution is 2.24. The van der Waals surface area contributed by atoms with E-state index < -0.39 is 0 Å². The number of para-hydroxylation sites is 1. The highest BCUT2D eigenvalue weighted by atomic mass is 16.5. The zero-order valence-electron chi connectivity index (χ0n) is 15.7. The van der Waals surface area contributed by atoms with E-state index in [-0.39, 0.29) is 11.7 Å². The maximum Gasteiger partial charge on any atom is 0.329 e. The SMILES string of the molecule is Cn1c(=O)n(C2CCCNC2)c2cccc(CCCO[C@H]3CCNC3)c21. The van der Waals surface area contributed by atoms with Gasteiger partial charge in [0.25, 0.3) is 0 Å². The maximum atomic E-state index is 12.9. The van der Waals surface area contributed by atoms with Gasteiger partial charge in [-0.2, -0.15) is 0 Å². The second-order valence-corrected chi connectivity index (χ2v) is 7.59. The van der Waals surface area contributed by atoms with Gasteiger partial charge in [-0.15, -0.1) is 0 Å². The zero-order valence-corrected chi connectivity index (χ0v) is 15.7. The summed E-state index contributed by atoms with van der Waals surface area (Å²) in [5, 5.41) is 6.76. The fourth-order valence-corrected chi connectivity index (χ4v) is 4.41. The fraction of sp³-hybridized carbons (Fsp3) is 0.650. The summed E-state index contributed by atoms with van der Waals surface area (Å²) < 4.78 is 9.79. The summed E-state index contributed by atoms with van der Waals surface area (Å²) in [6, 6.07) is 6.59. The molecule has 0 spiro atoms. The van der Waals surface area contributed by atoms with Crippen molar-refractivity contribution < 1.29 is 4.74 Å². The first-order chi connectivity index (χ1) is 12.8. The molecule has 4 rings (SSSR count). The number of benzene rings is 1. The third kappa shape index (κ3) is 3.46. The van der Waals surface area contributed by atoms with Gasteiger partial charge in [0.1, 0.15) is 0 Å². The third-order valence-corrected chi connectivity index (χ3v) is 5.78. The van der Waals surface area contributed by atoms with Gasteiger partial charge >= 0.3 is 5.69 Å². The molecule has 2 saturated heterocycles. The lowest BCUT2D eigenvalue weighted by Crippen LogP contribution is -2.36. The Kier molecular flexibility index (Phi) is 5.43. The van der Waals surface area contributed by atoms with E-state index in [0.29, 0.717) is 6.10 Å². The van der Waals surface area contributed by atoms with Crippen LogP contribution in [-0.4, -0.2) is 48.0 Å². The van der Waals surface area contributed by atoms with Gasteiger partial charge in [0.2, 0.25) is 0 Å². The molecule has 1 aromatic carbocycles. The van der Waals surface area contributed by atoms with E-state index in [1.807, 2.05) is 16.2 Å². The van der Waals surface area contributed by atoms with Crippen LogP contribution in [0.25, 0.3) is 11.0 Å². The maximum absolute atomic E-state index is 12.9. The van der Waals surface area contributed by atoms with Gasteiger partial charge in [-0.25, -0.2) is 4.79 Å². The van der Waals surface area contributed by atoms with Crippen molar-refractivity contribution in [3.63, 3.8) is 0 Å². The molecule has 26 heavy (non-hydrogen) atoms. The Morgan fingerprint density at radius 2 is 2.08 bits per heavy atom. The molecular weight excluding hydrogens is 328 g/mol. The molecule has 2 aliphatic rings. The molecule has 2 aromatic rings. The standard InChI is InChI=1S/C20H30N4O2/c1-23-19-15(6-4-12-26-17-9-11-22-14-17)5-2-8-18(19)24(20(23)25)16-7-3-10-21-13-16/h2,5,8,16-17,21-22H,3-4,6-7,9-14H2,1H3/t16?,17-/m0/s1. The molecule has 0 aliphatic carbocycles. The Hall–Kier alpha value is -1.63. The van der Waals surface area contributed by atoms with Crippen LogP contribution in [0.1, 0.15) is 37.3 Å². The Morgan fingerprint density at radius 3 is 2.85 bits per heavy atom. The molecule has 0 saturated carbocycles. The van der Waals surface area contributed by atoms with Crippen molar-refractivity contribution in [3.8, 4) is 0 Å². The van der Waals surface area contributed by atoms with Gasteiger partial charge in [0.15, 0.2) is 0 Å². The van der Waals surface area contributed by atoms with Gasteiger partial charge in [-0.05, 0) is 56.8 Å². The predicted molar refractivity (Wildman–Crippen MR) is 104 cm³/mol. The molecule has 2 aliphatic heterocycles. The predicted octanol–water partition coefficient (Wildman–Crippen LogP) is 1.58. The fourth-order valence-electron chi connectivity index (χ4n) is 4.41. The van der Waals surface area contributed by atoms with Crippen molar-refractivity contribution in [1.82, 2.24) is 19.8 Å². The van der Waals surface area contributed by atoms with Crippen molar-refractivity contribution in [2.24, 2.45) is 7.05 Å². The molecule has 1 unspecified atom stereocenters. The van der Waals surface area contributed by atoms with Crippen molar-refractivity contribution in [3.05, 3.63) is 34.2 Å². The lowest BCUT2D eigenvalue weighted by atomic mass is 10.1. The second-order valence-electron chi connectivity index (χ2n) is 7.59. The number of nitrogens with one attached hydrogen (secondary N) is 2. The van der Waals surface area contributed by atoms with Crippen LogP contribution in [0.4, 0.5) is 0 Å². The highest BCUT2D eigenvalue weighted by Gasteiger charge is 2.22. The van der Waals surface area contributed by atoms with E-state index in [9.17, 15) is 4.79 Å². The number of aryl methyl sites for hydroxylation is 2. The minimum absolute atomic E-state index is 0.106. The van der Waals surface area contributed by atoms with Crippen LogP contribution < -0.4 is 16.3 Å². The first kappa shape index (κ1) is 17.8. The summed E-state index contributed by atoms with van der Waals surface area (Å²) in [5.41, 5.74) is 3.52. The van der Waals surface area contributed by atoms with Gasteiger partial charge in [0, 0.05) is 26.7 Å². The summed E-state index contributed by atoms with van der Waals surface area (Å²) in [7, 11) is 1.90. The molecule has 0 radical (unpaired) electrons. The molecular formula is C20H30N4O2. The lowest BCUT2D eigenvalue weighted by Gasteiger charge is -2.24. The third-order valence-electron chi connectivity index (χ3n) is 5.78. The molecule has 1 aromatic heterocycles. The largest absolute Gasteiger partial charge is 0.377 e. The summed E-state index contributed by atoms with van der Waals surface area (Å²) in [5.74, 6) is 0. The average Bonchev–Trinajstić information content (AvgIpc) is 3.27. The normalized spacial score (nSPS) is 23.7. The number of imidazole rings is 1. The van der Waals surface area contributed by atoms with Gasteiger partial charge in [-0.1, -0.05) is 12.1 Å². The quantitative estimate of drug-likeness (QED) is 0.770. The van der Waals surface area contributed by atoms with Crippen molar-refractivity contribution in [1.29, 1.82) is 0 Å². The van der Waals surface area contributed by atoms with Gasteiger partial charge in [-0.3, -0.25) is 9.13 Å². The summed E-state index contributed by atoms with van der Waals surface area (Å²) >= 11 is 0. The highest BCUT2D eigenvalue weighted by molar-refractivity contribution is 5.80. The second kappa shape index (κ2) is 7.94. The molecule has 2 N–H and O–H groups in total. The number of hydrogen-bond donors (Lipinski definition) is 2. The molecule has 2 atom stereocenters. The first-order valence-electron chi connectivity index (χ1n) is 9.97.